The average molecular weight is 1260 g/mol. The van der Waals surface area contributed by atoms with Crippen molar-refractivity contribution in [1.82, 2.24) is 9.97 Å². The number of carbonyl (C=O) groups excluding carboxylic acids is 4. The molecule has 0 saturated heterocycles. The van der Waals surface area contributed by atoms with E-state index in [2.05, 4.69) is 41.8 Å². The number of esters is 4. The molecule has 0 saturated carbocycles. The maximum absolute atomic E-state index is 13.7. The monoisotopic (exact) mass is 1260 g/mol. The van der Waals surface area contributed by atoms with E-state index in [9.17, 15) is 36.0 Å². The van der Waals surface area contributed by atoms with Crippen LogP contribution in [0.15, 0.2) is 91.8 Å². The van der Waals surface area contributed by atoms with Crippen LogP contribution in [0.4, 0.5) is 5.69 Å². The van der Waals surface area contributed by atoms with Gasteiger partial charge in [-0.2, -0.15) is 0 Å². The van der Waals surface area contributed by atoms with Gasteiger partial charge in [0.15, 0.2) is 0 Å². The zero-order valence-corrected chi connectivity index (χ0v) is 50.0. The molecule has 0 radical (unpaired) electrons. The summed E-state index contributed by atoms with van der Waals surface area (Å²) in [7, 11) is -2.52. The lowest BCUT2D eigenvalue weighted by molar-refractivity contribution is -0.156. The maximum Gasteiger partial charge on any atom is 0.310 e. The lowest BCUT2D eigenvalue weighted by atomic mass is 10.00. The Bertz CT molecular complexity index is 2900. The van der Waals surface area contributed by atoms with Gasteiger partial charge in [0, 0.05) is 50.4 Å². The van der Waals surface area contributed by atoms with Gasteiger partial charge in [-0.15, -0.1) is 0 Å². The van der Waals surface area contributed by atoms with Crippen LogP contribution in [0.5, 0.6) is 11.8 Å². The summed E-state index contributed by atoms with van der Waals surface area (Å²) in [4.78, 5) is 57.3. The number of fused-ring (bicyclic) bond motifs is 2. The molecule has 2 aliphatic rings. The van der Waals surface area contributed by atoms with Crippen LogP contribution >= 0.6 is 42.5 Å². The molecule has 428 valence electrons. The molecule has 0 amide bonds. The molecule has 4 aromatic rings. The van der Waals surface area contributed by atoms with Crippen molar-refractivity contribution in [2.24, 2.45) is 0 Å². The van der Waals surface area contributed by atoms with Gasteiger partial charge in [0.25, 0.3) is 19.1 Å². The van der Waals surface area contributed by atoms with Gasteiger partial charge in [0.1, 0.15) is 40.3 Å². The number of halogens is 3. The predicted molar refractivity (Wildman–Crippen MR) is 304 cm³/mol. The third-order valence-electron chi connectivity index (χ3n) is 9.98. The number of aromatic nitrogens is 2. The number of sulfonamides is 1. The Morgan fingerprint density at radius 1 is 0.610 bits per heavy atom. The van der Waals surface area contributed by atoms with Crippen LogP contribution in [0.1, 0.15) is 147 Å². The van der Waals surface area contributed by atoms with Gasteiger partial charge in [-0.25, -0.2) is 26.8 Å². The lowest BCUT2D eigenvalue weighted by Crippen LogP contribution is -2.44. The molecular weight excluding hydrogens is 1190 g/mol. The Labute approximate surface area is 477 Å². The van der Waals surface area contributed by atoms with Crippen molar-refractivity contribution in [3.63, 3.8) is 0 Å². The molecule has 2 aromatic carbocycles. The summed E-state index contributed by atoms with van der Waals surface area (Å²) >= 11 is 6.46. The number of carbonyl (C=O) groups is 4. The second-order valence-electron chi connectivity index (χ2n) is 21.7. The molecule has 0 aliphatic carbocycles. The summed E-state index contributed by atoms with van der Waals surface area (Å²) in [6, 6.07) is 16.1. The number of benzene rings is 2. The highest BCUT2D eigenvalue weighted by atomic mass is 79.9. The number of nitrogens with zero attached hydrogens (tertiary/aromatic N) is 3. The molecular formula is C55H76Br2ClN3O14S2. The molecule has 2 atom stereocenters. The van der Waals surface area contributed by atoms with Crippen LogP contribution in [0.25, 0.3) is 0 Å². The second-order valence-corrected chi connectivity index (χ2v) is 27.9. The molecule has 17 nitrogen and oxygen atoms in total. The highest BCUT2D eigenvalue weighted by molar-refractivity contribution is 9.10. The van der Waals surface area contributed by atoms with E-state index in [1.165, 1.54) is 34.8 Å². The fraction of sp³-hybridized carbons (Fsp3) is 0.527. The van der Waals surface area contributed by atoms with E-state index >= 15 is 0 Å². The van der Waals surface area contributed by atoms with Crippen molar-refractivity contribution < 1.29 is 64.4 Å². The zero-order valence-electron chi connectivity index (χ0n) is 44.5. The molecule has 22 heteroatoms. The quantitative estimate of drug-likeness (QED) is 0.0690. The van der Waals surface area contributed by atoms with E-state index in [0.717, 1.165) is 24.0 Å². The van der Waals surface area contributed by atoms with Gasteiger partial charge in [0.05, 0.1) is 29.2 Å². The summed E-state index contributed by atoms with van der Waals surface area (Å²) in [6.07, 6.45) is 5.39. The fourth-order valence-electron chi connectivity index (χ4n) is 7.17. The highest BCUT2D eigenvalue weighted by Gasteiger charge is 2.37. The minimum atomic E-state index is -4.02. The molecule has 0 bridgehead atoms. The molecule has 6 rings (SSSR count). The Kier molecular flexibility index (Phi) is 25.1. The number of aryl methyl sites for hydroxylation is 1. The molecule has 0 N–H and O–H groups in total. The van der Waals surface area contributed by atoms with E-state index in [4.69, 9.17) is 39.1 Å². The van der Waals surface area contributed by atoms with Crippen LogP contribution < -0.4 is 13.8 Å². The first-order chi connectivity index (χ1) is 34.4. The zero-order chi connectivity index (χ0) is 56.3. The molecule has 2 aromatic heterocycles. The first kappa shape index (κ1) is 68.3. The fourth-order valence-corrected chi connectivity index (χ4v) is 10.6. The van der Waals surface area contributed by atoms with Crippen molar-refractivity contribution >= 4 is 91.2 Å². The molecule has 0 fully saturated rings. The van der Waals surface area contributed by atoms with Crippen LogP contribution in [-0.2, 0) is 76.5 Å². The SMILES string of the molecule is C.C.CC(C)(C)OC(=O)CC[C@H]1CCc2cc(CC(=O)OC(C)(C)C)cnc2O1.CC(C)(C)OC(=O)CC[C@H]1CN(S(=O)(=O)c2cccc(Br)c2)c2cc(CC(=O)OC(C)(C)C)cnc2O1.O=S(=O)(Cl)c1cccc(Br)c1. The average Bonchev–Trinajstić information content (AvgIpc) is 3.25. The van der Waals surface area contributed by atoms with Crippen molar-refractivity contribution in [1.29, 1.82) is 0 Å². The van der Waals surface area contributed by atoms with Crippen molar-refractivity contribution in [2.75, 3.05) is 10.8 Å². The van der Waals surface area contributed by atoms with E-state index < -0.39 is 59.5 Å². The number of pyridine rings is 2. The molecule has 0 spiro atoms. The Hall–Kier alpha value is -4.83. The second kappa shape index (κ2) is 28.4. The number of ether oxygens (including phenoxy) is 6. The third kappa shape index (κ3) is 24.4. The first-order valence-corrected chi connectivity index (χ1v) is 29.4. The van der Waals surface area contributed by atoms with E-state index in [-0.39, 0.29) is 86.5 Å². The Balaban J connectivity index is 0.000000442. The largest absolute Gasteiger partial charge is 0.474 e. The van der Waals surface area contributed by atoms with Gasteiger partial charge >= 0.3 is 23.9 Å². The van der Waals surface area contributed by atoms with Gasteiger partial charge in [0.2, 0.25) is 11.8 Å². The van der Waals surface area contributed by atoms with Gasteiger partial charge in [-0.1, -0.05) is 58.8 Å². The van der Waals surface area contributed by atoms with E-state index in [0.29, 0.717) is 33.2 Å². The van der Waals surface area contributed by atoms with Crippen molar-refractivity contribution in [3.8, 4) is 11.8 Å². The van der Waals surface area contributed by atoms with Crippen LogP contribution in [-0.4, -0.2) is 91.8 Å². The molecule has 4 heterocycles. The van der Waals surface area contributed by atoms with Crippen LogP contribution in [0.2, 0.25) is 0 Å². The third-order valence-corrected chi connectivity index (χ3v) is 14.1. The Morgan fingerprint density at radius 3 is 1.48 bits per heavy atom. The van der Waals surface area contributed by atoms with Gasteiger partial charge in [-0.3, -0.25) is 23.5 Å². The highest BCUT2D eigenvalue weighted by Crippen LogP contribution is 2.38. The van der Waals surface area contributed by atoms with Crippen molar-refractivity contribution in [2.45, 2.75) is 194 Å². The first-order valence-electron chi connectivity index (χ1n) is 24.1. The van der Waals surface area contributed by atoms with Gasteiger partial charge < -0.3 is 28.4 Å². The maximum atomic E-state index is 13.7. The van der Waals surface area contributed by atoms with E-state index in [1.54, 1.807) is 78.1 Å². The molecule has 77 heavy (non-hydrogen) atoms. The van der Waals surface area contributed by atoms with Crippen molar-refractivity contribution in [3.05, 3.63) is 98.7 Å². The lowest BCUT2D eigenvalue weighted by Gasteiger charge is -2.35. The summed E-state index contributed by atoms with van der Waals surface area (Å²) in [5, 5.41) is 0. The van der Waals surface area contributed by atoms with Crippen LogP contribution in [0.3, 0.4) is 0 Å². The summed E-state index contributed by atoms with van der Waals surface area (Å²) in [5.41, 5.74) is 0.265. The minimum absolute atomic E-state index is 0. The topological polar surface area (TPSA) is 221 Å². The number of anilines is 1. The summed E-state index contributed by atoms with van der Waals surface area (Å²) in [5.74, 6) is -0.643. The minimum Gasteiger partial charge on any atom is -0.474 e. The van der Waals surface area contributed by atoms with Crippen LogP contribution in [0, 0.1) is 0 Å². The molecule has 2 aliphatic heterocycles. The number of hydrogen-bond donors (Lipinski definition) is 0. The van der Waals surface area contributed by atoms with Gasteiger partial charge in [-0.05, 0) is 168 Å². The predicted octanol–water partition coefficient (Wildman–Crippen LogP) is 12.2. The normalized spacial score (nSPS) is 15.2. The summed E-state index contributed by atoms with van der Waals surface area (Å²) < 4.78 is 84.8. The molecule has 0 unspecified atom stereocenters. The number of hydrogen-bond acceptors (Lipinski definition) is 16. The smallest absolute Gasteiger partial charge is 0.310 e. The number of rotatable bonds is 13. The van der Waals surface area contributed by atoms with E-state index in [1.807, 2.05) is 47.6 Å². The Morgan fingerprint density at radius 2 is 1.03 bits per heavy atom. The summed E-state index contributed by atoms with van der Waals surface area (Å²) in [6.45, 7) is 21.7. The standard InChI is InChI=1S/C26H33BrN2O7S.C21H31NO5.C6H4BrClO2S.2CH4/c1-25(2,3)35-22(30)11-10-19-16-29(37(32,33)20-9-7-8-18(27)14-20)21-12-17(15-28-24(21)34-19)13-23(31)36-26(4,5)6;1-20(2,3)26-17(23)10-9-16-8-7-15-11-14(13-22-19(15)25-16)12-18(24)27-21(4,5)6;7-5-2-1-3-6(4-5)11(8,9)10;;/h7-9,12,14-15,19H,10-11,13,16H2,1-6H3;11,13,16H,7-10,12H2,1-6H3;1-4H;2*1H4/t19-;16-;;;/m01.../s1.